The third-order valence-electron chi connectivity index (χ3n) is 3.37. The minimum atomic E-state index is -0.443. The molecule has 5 nitrogen and oxygen atoms in total. The number of rotatable bonds is 5. The van der Waals surface area contributed by atoms with E-state index in [0.717, 1.165) is 24.2 Å². The summed E-state index contributed by atoms with van der Waals surface area (Å²) in [5.74, 6) is -0.379. The lowest BCUT2D eigenvalue weighted by molar-refractivity contribution is -0.142. The smallest absolute Gasteiger partial charge is 0.336 e. The lowest BCUT2D eigenvalue weighted by Crippen LogP contribution is -2.21. The molecule has 5 heteroatoms. The molecule has 0 aliphatic heterocycles. The van der Waals surface area contributed by atoms with Gasteiger partial charge in [-0.3, -0.25) is 4.79 Å². The van der Waals surface area contributed by atoms with Crippen LogP contribution in [0, 0.1) is 0 Å². The van der Waals surface area contributed by atoms with Crippen molar-refractivity contribution < 1.29 is 13.9 Å². The summed E-state index contributed by atoms with van der Waals surface area (Å²) >= 11 is 0. The Morgan fingerprint density at radius 2 is 1.95 bits per heavy atom. The van der Waals surface area contributed by atoms with E-state index in [1.807, 2.05) is 18.2 Å². The Morgan fingerprint density at radius 1 is 1.24 bits per heavy atom. The Balaban J connectivity index is 2.48. The Morgan fingerprint density at radius 3 is 2.57 bits per heavy atom. The molecule has 0 unspecified atom stereocenters. The second-order valence-corrected chi connectivity index (χ2v) is 4.72. The molecule has 0 bridgehead atoms. The number of hydrogen-bond acceptors (Lipinski definition) is 5. The molecule has 2 rings (SSSR count). The van der Waals surface area contributed by atoms with E-state index in [0.29, 0.717) is 11.1 Å². The van der Waals surface area contributed by atoms with Crippen LogP contribution >= 0.6 is 0 Å². The molecule has 1 aromatic carbocycles. The van der Waals surface area contributed by atoms with Gasteiger partial charge in [0.05, 0.1) is 0 Å². The zero-order chi connectivity index (χ0) is 15.4. The topological polar surface area (TPSA) is 59.8 Å². The molecule has 0 amide bonds. The number of anilines is 1. The molecule has 2 aromatic rings. The number of esters is 1. The highest BCUT2D eigenvalue weighted by Gasteiger charge is 2.10. The second kappa shape index (κ2) is 6.43. The monoisotopic (exact) mass is 289 g/mol. The van der Waals surface area contributed by atoms with Crippen molar-refractivity contribution >= 4 is 22.6 Å². The first kappa shape index (κ1) is 15.1. The third kappa shape index (κ3) is 3.42. The zero-order valence-corrected chi connectivity index (χ0v) is 12.5. The maximum atomic E-state index is 11.6. The van der Waals surface area contributed by atoms with E-state index in [-0.39, 0.29) is 12.6 Å². The fourth-order valence-corrected chi connectivity index (χ4v) is 2.30. The molecule has 1 aromatic heterocycles. The van der Waals surface area contributed by atoms with Gasteiger partial charge in [-0.1, -0.05) is 0 Å². The van der Waals surface area contributed by atoms with Crippen LogP contribution in [-0.4, -0.2) is 19.1 Å². The largest absolute Gasteiger partial charge is 0.461 e. The van der Waals surface area contributed by atoms with Crippen LogP contribution in [0.2, 0.25) is 0 Å². The van der Waals surface area contributed by atoms with Gasteiger partial charge in [0, 0.05) is 48.8 Å². The van der Waals surface area contributed by atoms with Crippen LogP contribution in [0.4, 0.5) is 5.69 Å². The van der Waals surface area contributed by atoms with Gasteiger partial charge in [-0.25, -0.2) is 4.79 Å². The molecule has 112 valence electrons. The molecule has 0 aliphatic carbocycles. The zero-order valence-electron chi connectivity index (χ0n) is 12.5. The number of carbonyl (C=O) groups is 1. The quantitative estimate of drug-likeness (QED) is 0.625. The van der Waals surface area contributed by atoms with E-state index in [9.17, 15) is 9.59 Å². The lowest BCUT2D eigenvalue weighted by Gasteiger charge is -2.21. The summed E-state index contributed by atoms with van der Waals surface area (Å²) in [6, 6.07) is 7.08. The molecule has 0 radical (unpaired) electrons. The minimum Gasteiger partial charge on any atom is -0.461 e. The maximum absolute atomic E-state index is 11.6. The third-order valence-corrected chi connectivity index (χ3v) is 3.37. The van der Waals surface area contributed by atoms with Gasteiger partial charge in [-0.05, 0) is 26.0 Å². The van der Waals surface area contributed by atoms with Crippen LogP contribution < -0.4 is 10.5 Å². The highest BCUT2D eigenvalue weighted by atomic mass is 16.5. The summed E-state index contributed by atoms with van der Waals surface area (Å²) in [6.45, 7) is 7.30. The van der Waals surface area contributed by atoms with E-state index in [1.165, 1.54) is 13.0 Å². The summed E-state index contributed by atoms with van der Waals surface area (Å²) in [5.41, 5.74) is 1.72. The second-order valence-electron chi connectivity index (χ2n) is 4.72. The normalized spacial score (nSPS) is 10.6. The van der Waals surface area contributed by atoms with Crippen molar-refractivity contribution in [2.45, 2.75) is 27.4 Å². The fourth-order valence-electron chi connectivity index (χ4n) is 2.30. The molecule has 0 N–H and O–H groups in total. The van der Waals surface area contributed by atoms with Crippen LogP contribution in [0.15, 0.2) is 33.5 Å². The molecule has 0 atom stereocenters. The molecule has 0 saturated heterocycles. The van der Waals surface area contributed by atoms with E-state index in [1.54, 1.807) is 0 Å². The first-order valence-electron chi connectivity index (χ1n) is 7.00. The Hall–Kier alpha value is -2.30. The Bertz CT molecular complexity index is 701. The van der Waals surface area contributed by atoms with Crippen molar-refractivity contribution in [3.8, 4) is 0 Å². The van der Waals surface area contributed by atoms with Crippen LogP contribution in [0.5, 0.6) is 0 Å². The molecule has 0 aliphatic rings. The van der Waals surface area contributed by atoms with E-state index >= 15 is 0 Å². The predicted octanol–water partition coefficient (Wildman–Crippen LogP) is 2.70. The molecule has 1 heterocycles. The maximum Gasteiger partial charge on any atom is 0.336 e. The van der Waals surface area contributed by atoms with Crippen LogP contribution in [0.25, 0.3) is 11.0 Å². The predicted molar refractivity (Wildman–Crippen MR) is 81.5 cm³/mol. The Labute approximate surface area is 123 Å². The lowest BCUT2D eigenvalue weighted by atomic mass is 10.1. The van der Waals surface area contributed by atoms with Gasteiger partial charge < -0.3 is 14.1 Å². The van der Waals surface area contributed by atoms with Crippen molar-refractivity contribution in [3.63, 3.8) is 0 Å². The number of benzene rings is 1. The van der Waals surface area contributed by atoms with E-state index < -0.39 is 5.63 Å². The number of fused-ring (bicyclic) bond motifs is 1. The summed E-state index contributed by atoms with van der Waals surface area (Å²) < 4.78 is 10.2. The van der Waals surface area contributed by atoms with E-state index in [2.05, 4.69) is 18.7 Å². The molecule has 21 heavy (non-hydrogen) atoms. The average molecular weight is 289 g/mol. The van der Waals surface area contributed by atoms with Crippen LogP contribution in [0.3, 0.4) is 0 Å². The van der Waals surface area contributed by atoms with Gasteiger partial charge >= 0.3 is 11.6 Å². The summed E-state index contributed by atoms with van der Waals surface area (Å²) in [5, 5.41) is 0.784. The van der Waals surface area contributed by atoms with Gasteiger partial charge in [-0.2, -0.15) is 0 Å². The van der Waals surface area contributed by atoms with Crippen molar-refractivity contribution in [3.05, 3.63) is 40.2 Å². The fraction of sp³-hybridized carbons (Fsp3) is 0.375. The molecular weight excluding hydrogens is 270 g/mol. The first-order valence-corrected chi connectivity index (χ1v) is 7.00. The molecule has 0 saturated carbocycles. The van der Waals surface area contributed by atoms with Gasteiger partial charge in [0.2, 0.25) is 0 Å². The highest BCUT2D eigenvalue weighted by molar-refractivity contribution is 5.83. The van der Waals surface area contributed by atoms with Crippen molar-refractivity contribution in [1.82, 2.24) is 0 Å². The van der Waals surface area contributed by atoms with Crippen LogP contribution in [-0.2, 0) is 16.1 Å². The molecular formula is C16H19NO4. The number of nitrogens with zero attached hydrogens (tertiary/aromatic N) is 1. The number of ether oxygens (including phenoxy) is 1. The molecule has 0 fully saturated rings. The standard InChI is InChI=1S/C16H19NO4/c1-4-17(5-2)13-6-7-14-12(10-20-11(3)18)8-16(19)21-15(14)9-13/h6-9H,4-5,10H2,1-3H3. The van der Waals surface area contributed by atoms with Gasteiger partial charge in [-0.15, -0.1) is 0 Å². The summed E-state index contributed by atoms with van der Waals surface area (Å²) in [4.78, 5) is 24.7. The van der Waals surface area contributed by atoms with Crippen molar-refractivity contribution in [1.29, 1.82) is 0 Å². The first-order chi connectivity index (χ1) is 10.0. The highest BCUT2D eigenvalue weighted by Crippen LogP contribution is 2.24. The van der Waals surface area contributed by atoms with Gasteiger partial charge in [0.1, 0.15) is 12.2 Å². The Kier molecular flexibility index (Phi) is 4.62. The van der Waals surface area contributed by atoms with Crippen molar-refractivity contribution in [2.75, 3.05) is 18.0 Å². The minimum absolute atomic E-state index is 0.0715. The van der Waals surface area contributed by atoms with Gasteiger partial charge in [0.25, 0.3) is 0 Å². The average Bonchev–Trinajstić information content (AvgIpc) is 2.45. The number of hydrogen-bond donors (Lipinski definition) is 0. The van der Waals surface area contributed by atoms with Crippen molar-refractivity contribution in [2.24, 2.45) is 0 Å². The van der Waals surface area contributed by atoms with Gasteiger partial charge in [0.15, 0.2) is 0 Å². The van der Waals surface area contributed by atoms with E-state index in [4.69, 9.17) is 9.15 Å². The summed E-state index contributed by atoms with van der Waals surface area (Å²) in [7, 11) is 0. The SMILES string of the molecule is CCN(CC)c1ccc2c(COC(C)=O)cc(=O)oc2c1. The summed E-state index contributed by atoms with van der Waals surface area (Å²) in [6.07, 6.45) is 0. The molecule has 0 spiro atoms. The van der Waals surface area contributed by atoms with Crippen LogP contribution in [0.1, 0.15) is 26.3 Å². The number of carbonyl (C=O) groups excluding carboxylic acids is 1.